The first-order chi connectivity index (χ1) is 8.73. The molecule has 0 radical (unpaired) electrons. The third-order valence-corrected chi connectivity index (χ3v) is 7.89. The molecule has 0 aliphatic carbocycles. The Morgan fingerprint density at radius 1 is 1.21 bits per heavy atom. The van der Waals surface area contributed by atoms with Gasteiger partial charge in [-0.3, -0.25) is 4.90 Å². The molecule has 0 atom stereocenters. The SMILES string of the molecule is CC(C)(C)N1CCN(S(=O)(=O)c2sccc2Br)CC1. The Hall–Kier alpha value is 0.0500. The van der Waals surface area contributed by atoms with Crippen molar-refractivity contribution in [2.45, 2.75) is 30.5 Å². The van der Waals surface area contributed by atoms with Gasteiger partial charge in [-0.15, -0.1) is 11.3 Å². The predicted octanol–water partition coefficient (Wildman–Crippen LogP) is 2.62. The third kappa shape index (κ3) is 3.21. The highest BCUT2D eigenvalue weighted by Crippen LogP contribution is 2.31. The van der Waals surface area contributed by atoms with E-state index in [0.717, 1.165) is 13.1 Å². The van der Waals surface area contributed by atoms with Crippen molar-refractivity contribution in [2.24, 2.45) is 0 Å². The summed E-state index contributed by atoms with van der Waals surface area (Å²) in [5, 5.41) is 1.79. The molecule has 108 valence electrons. The maximum Gasteiger partial charge on any atom is 0.253 e. The summed E-state index contributed by atoms with van der Waals surface area (Å²) in [6, 6.07) is 1.78. The molecule has 0 saturated carbocycles. The Balaban J connectivity index is 2.12. The summed E-state index contributed by atoms with van der Waals surface area (Å²) in [6.45, 7) is 9.17. The number of hydrogen-bond donors (Lipinski definition) is 0. The van der Waals surface area contributed by atoms with Gasteiger partial charge in [0.25, 0.3) is 10.0 Å². The molecular weight excluding hydrogens is 348 g/mol. The Morgan fingerprint density at radius 2 is 1.79 bits per heavy atom. The van der Waals surface area contributed by atoms with Gasteiger partial charge < -0.3 is 0 Å². The monoisotopic (exact) mass is 366 g/mol. The highest BCUT2D eigenvalue weighted by atomic mass is 79.9. The van der Waals surface area contributed by atoms with Crippen LogP contribution in [0.15, 0.2) is 20.1 Å². The molecule has 1 fully saturated rings. The van der Waals surface area contributed by atoms with Crippen molar-refractivity contribution in [3.63, 3.8) is 0 Å². The lowest BCUT2D eigenvalue weighted by Crippen LogP contribution is -2.54. The quantitative estimate of drug-likeness (QED) is 0.807. The van der Waals surface area contributed by atoms with E-state index >= 15 is 0 Å². The van der Waals surface area contributed by atoms with Crippen LogP contribution in [0.25, 0.3) is 0 Å². The molecule has 7 heteroatoms. The second-order valence-electron chi connectivity index (χ2n) is 5.62. The summed E-state index contributed by atoms with van der Waals surface area (Å²) in [5.74, 6) is 0. The predicted molar refractivity (Wildman–Crippen MR) is 82.1 cm³/mol. The first-order valence-corrected chi connectivity index (χ1v) is 9.32. The van der Waals surface area contributed by atoms with E-state index < -0.39 is 10.0 Å². The van der Waals surface area contributed by atoms with Gasteiger partial charge in [-0.2, -0.15) is 4.31 Å². The molecule has 0 bridgehead atoms. The van der Waals surface area contributed by atoms with Crippen molar-refractivity contribution in [2.75, 3.05) is 26.2 Å². The minimum Gasteiger partial charge on any atom is -0.296 e. The third-order valence-electron chi connectivity index (χ3n) is 3.35. The van der Waals surface area contributed by atoms with E-state index in [9.17, 15) is 8.42 Å². The fraction of sp³-hybridized carbons (Fsp3) is 0.667. The number of sulfonamides is 1. The van der Waals surface area contributed by atoms with Crippen molar-refractivity contribution >= 4 is 37.3 Å². The average Bonchev–Trinajstić information content (AvgIpc) is 2.75. The molecule has 0 spiro atoms. The molecule has 0 aromatic carbocycles. The molecule has 2 rings (SSSR count). The van der Waals surface area contributed by atoms with Crippen LogP contribution in [0.2, 0.25) is 0 Å². The summed E-state index contributed by atoms with van der Waals surface area (Å²) in [5.41, 5.74) is 0.0966. The molecule has 1 aromatic heterocycles. The zero-order valence-corrected chi connectivity index (χ0v) is 14.6. The van der Waals surface area contributed by atoms with Crippen molar-refractivity contribution in [1.82, 2.24) is 9.21 Å². The summed E-state index contributed by atoms with van der Waals surface area (Å²) in [7, 11) is -3.34. The normalized spacial score (nSPS) is 19.8. The van der Waals surface area contributed by atoms with Crippen molar-refractivity contribution in [1.29, 1.82) is 0 Å². The van der Waals surface area contributed by atoms with Gasteiger partial charge in [0.2, 0.25) is 0 Å². The number of nitrogens with zero attached hydrogens (tertiary/aromatic N) is 2. The van der Waals surface area contributed by atoms with Gasteiger partial charge in [0, 0.05) is 36.2 Å². The lowest BCUT2D eigenvalue weighted by Gasteiger charge is -2.41. The van der Waals surface area contributed by atoms with Crippen molar-refractivity contribution in [3.05, 3.63) is 15.9 Å². The molecule has 0 N–H and O–H groups in total. The number of halogens is 1. The number of thiophene rings is 1. The lowest BCUT2D eigenvalue weighted by atomic mass is 10.1. The first-order valence-electron chi connectivity index (χ1n) is 6.21. The van der Waals surface area contributed by atoms with E-state index in [1.54, 1.807) is 15.8 Å². The number of hydrogen-bond acceptors (Lipinski definition) is 4. The van der Waals surface area contributed by atoms with Crippen LogP contribution in [0, 0.1) is 0 Å². The zero-order chi connectivity index (χ0) is 14.3. The van der Waals surface area contributed by atoms with Crippen molar-refractivity contribution in [3.8, 4) is 0 Å². The second-order valence-corrected chi connectivity index (χ2v) is 9.52. The minimum atomic E-state index is -3.34. The average molecular weight is 367 g/mol. The number of rotatable bonds is 2. The molecule has 1 saturated heterocycles. The smallest absolute Gasteiger partial charge is 0.253 e. The van der Waals surface area contributed by atoms with E-state index in [4.69, 9.17) is 0 Å². The fourth-order valence-corrected chi connectivity index (χ4v) is 6.05. The van der Waals surface area contributed by atoms with Crippen LogP contribution in [0.4, 0.5) is 0 Å². The fourth-order valence-electron chi connectivity index (χ4n) is 2.18. The topological polar surface area (TPSA) is 40.6 Å². The van der Waals surface area contributed by atoms with Gasteiger partial charge in [-0.05, 0) is 48.1 Å². The van der Waals surface area contributed by atoms with E-state index in [2.05, 4.69) is 41.6 Å². The Kier molecular flexibility index (Phi) is 4.42. The van der Waals surface area contributed by atoms with Gasteiger partial charge in [0.05, 0.1) is 0 Å². The summed E-state index contributed by atoms with van der Waals surface area (Å²) in [4.78, 5) is 2.32. The van der Waals surface area contributed by atoms with E-state index in [1.165, 1.54) is 11.3 Å². The zero-order valence-electron chi connectivity index (χ0n) is 11.4. The number of piperazine rings is 1. The van der Waals surface area contributed by atoms with E-state index in [1.807, 2.05) is 0 Å². The Labute approximate surface area is 127 Å². The Morgan fingerprint density at radius 3 is 2.21 bits per heavy atom. The largest absolute Gasteiger partial charge is 0.296 e. The van der Waals surface area contributed by atoms with Crippen LogP contribution in [-0.2, 0) is 10.0 Å². The highest BCUT2D eigenvalue weighted by Gasteiger charge is 2.33. The molecule has 4 nitrogen and oxygen atoms in total. The first kappa shape index (κ1) is 15.4. The molecule has 1 aromatic rings. The lowest BCUT2D eigenvalue weighted by molar-refractivity contribution is 0.0922. The summed E-state index contributed by atoms with van der Waals surface area (Å²) >= 11 is 4.57. The maximum atomic E-state index is 12.5. The molecule has 0 unspecified atom stereocenters. The summed E-state index contributed by atoms with van der Waals surface area (Å²) in [6.07, 6.45) is 0. The van der Waals surface area contributed by atoms with Gasteiger partial charge in [-0.1, -0.05) is 0 Å². The van der Waals surface area contributed by atoms with Gasteiger partial charge in [-0.25, -0.2) is 8.42 Å². The highest BCUT2D eigenvalue weighted by molar-refractivity contribution is 9.10. The molecular formula is C12H19BrN2O2S2. The van der Waals surface area contributed by atoms with Crippen LogP contribution >= 0.6 is 27.3 Å². The maximum absolute atomic E-state index is 12.5. The molecule has 0 amide bonds. The van der Waals surface area contributed by atoms with Crippen molar-refractivity contribution < 1.29 is 8.42 Å². The minimum absolute atomic E-state index is 0.0966. The van der Waals surface area contributed by atoms with Crippen LogP contribution in [0.1, 0.15) is 20.8 Å². The Bertz CT molecular complexity index is 540. The van der Waals surface area contributed by atoms with E-state index in [0.29, 0.717) is 21.8 Å². The summed E-state index contributed by atoms with van der Waals surface area (Å²) < 4.78 is 27.7. The van der Waals surface area contributed by atoms with Gasteiger partial charge in [0.1, 0.15) is 4.21 Å². The van der Waals surface area contributed by atoms with Gasteiger partial charge >= 0.3 is 0 Å². The van der Waals surface area contributed by atoms with Crippen LogP contribution in [0.5, 0.6) is 0 Å². The standard InChI is InChI=1S/C12H19BrN2O2S2/c1-12(2,3)14-5-7-15(8-6-14)19(16,17)11-10(13)4-9-18-11/h4,9H,5-8H2,1-3H3. The van der Waals surface area contributed by atoms with Crippen LogP contribution in [0.3, 0.4) is 0 Å². The molecule has 1 aliphatic heterocycles. The second kappa shape index (κ2) is 5.44. The molecule has 1 aliphatic rings. The van der Waals surface area contributed by atoms with E-state index in [-0.39, 0.29) is 5.54 Å². The van der Waals surface area contributed by atoms with Crippen LogP contribution in [-0.4, -0.2) is 49.3 Å². The van der Waals surface area contributed by atoms with Gasteiger partial charge in [0.15, 0.2) is 0 Å². The molecule has 19 heavy (non-hydrogen) atoms. The van der Waals surface area contributed by atoms with Crippen LogP contribution < -0.4 is 0 Å². The molecule has 2 heterocycles.